The van der Waals surface area contributed by atoms with Crippen LogP contribution < -0.4 is 0 Å². The molecule has 0 aromatic heterocycles. The first kappa shape index (κ1) is 12.0. The first-order valence-electron chi connectivity index (χ1n) is 6.00. The van der Waals surface area contributed by atoms with Gasteiger partial charge in [-0.15, -0.1) is 0 Å². The number of rotatable bonds is 1. The van der Waals surface area contributed by atoms with Crippen molar-refractivity contribution in [2.75, 3.05) is 26.2 Å². The van der Waals surface area contributed by atoms with Gasteiger partial charge >= 0.3 is 12.0 Å². The van der Waals surface area contributed by atoms with Crippen molar-refractivity contribution in [3.63, 3.8) is 0 Å². The van der Waals surface area contributed by atoms with E-state index in [1.165, 1.54) is 5.57 Å². The van der Waals surface area contributed by atoms with Crippen molar-refractivity contribution in [3.05, 3.63) is 11.6 Å². The van der Waals surface area contributed by atoms with E-state index in [0.29, 0.717) is 26.1 Å². The minimum absolute atomic E-state index is 0.0128. The van der Waals surface area contributed by atoms with Crippen molar-refractivity contribution in [3.8, 4) is 0 Å². The molecule has 2 aliphatic heterocycles. The maximum absolute atomic E-state index is 12.1. The van der Waals surface area contributed by atoms with Crippen LogP contribution in [0.4, 0.5) is 4.79 Å². The Morgan fingerprint density at radius 2 is 2.12 bits per heavy atom. The van der Waals surface area contributed by atoms with E-state index in [2.05, 4.69) is 6.08 Å². The number of hydrogen-bond donors (Lipinski definition) is 1. The van der Waals surface area contributed by atoms with Gasteiger partial charge in [0, 0.05) is 26.2 Å². The van der Waals surface area contributed by atoms with E-state index in [9.17, 15) is 9.59 Å². The van der Waals surface area contributed by atoms with Crippen LogP contribution in [0.3, 0.4) is 0 Å². The average molecular weight is 238 g/mol. The fourth-order valence-corrected chi connectivity index (χ4v) is 2.41. The van der Waals surface area contributed by atoms with Crippen LogP contribution in [0.25, 0.3) is 0 Å². The monoisotopic (exact) mass is 238 g/mol. The van der Waals surface area contributed by atoms with E-state index in [1.807, 2.05) is 6.92 Å². The maximum atomic E-state index is 12.1. The minimum atomic E-state index is -0.796. The zero-order valence-corrected chi connectivity index (χ0v) is 10.1. The molecule has 0 aromatic carbocycles. The first-order chi connectivity index (χ1) is 8.08. The average Bonchev–Trinajstić information content (AvgIpc) is 2.77. The lowest BCUT2D eigenvalue weighted by atomic mass is 10.1. The van der Waals surface area contributed by atoms with Gasteiger partial charge in [0.2, 0.25) is 0 Å². The van der Waals surface area contributed by atoms with Gasteiger partial charge in [-0.2, -0.15) is 0 Å². The number of urea groups is 1. The third kappa shape index (κ3) is 2.60. The molecule has 1 saturated heterocycles. The summed E-state index contributed by atoms with van der Waals surface area (Å²) in [5.74, 6) is -1.18. The van der Waals surface area contributed by atoms with Crippen LogP contribution in [-0.2, 0) is 4.79 Å². The number of likely N-dealkylation sites (tertiary alicyclic amines) is 1. The Balaban J connectivity index is 1.93. The Hall–Kier alpha value is -1.52. The second-order valence-corrected chi connectivity index (χ2v) is 4.81. The van der Waals surface area contributed by atoms with Crippen LogP contribution in [0.1, 0.15) is 19.8 Å². The van der Waals surface area contributed by atoms with Crippen molar-refractivity contribution in [1.29, 1.82) is 0 Å². The molecular formula is C12H18N2O3. The molecule has 1 fully saturated rings. The van der Waals surface area contributed by atoms with Gasteiger partial charge in [-0.1, -0.05) is 11.6 Å². The molecule has 0 aliphatic carbocycles. The van der Waals surface area contributed by atoms with Crippen LogP contribution in [0, 0.1) is 5.92 Å². The van der Waals surface area contributed by atoms with Crippen LogP contribution in [-0.4, -0.2) is 53.1 Å². The number of carboxylic acids is 1. The fourth-order valence-electron chi connectivity index (χ4n) is 2.41. The topological polar surface area (TPSA) is 60.9 Å². The van der Waals surface area contributed by atoms with Crippen LogP contribution in [0.2, 0.25) is 0 Å². The van der Waals surface area contributed by atoms with Crippen LogP contribution in [0.5, 0.6) is 0 Å². The lowest BCUT2D eigenvalue weighted by Gasteiger charge is -2.30. The summed E-state index contributed by atoms with van der Waals surface area (Å²) in [5.41, 5.74) is 1.21. The summed E-state index contributed by atoms with van der Waals surface area (Å²) >= 11 is 0. The quantitative estimate of drug-likeness (QED) is 0.697. The van der Waals surface area contributed by atoms with Gasteiger partial charge in [0.1, 0.15) is 0 Å². The highest BCUT2D eigenvalue weighted by Gasteiger charge is 2.33. The lowest BCUT2D eigenvalue weighted by Crippen LogP contribution is -2.44. The Kier molecular flexibility index (Phi) is 3.36. The maximum Gasteiger partial charge on any atom is 0.320 e. The molecular weight excluding hydrogens is 220 g/mol. The van der Waals surface area contributed by atoms with Crippen LogP contribution in [0.15, 0.2) is 11.6 Å². The molecule has 2 aliphatic rings. The van der Waals surface area contributed by atoms with Gasteiger partial charge in [-0.05, 0) is 19.8 Å². The largest absolute Gasteiger partial charge is 0.481 e. The zero-order chi connectivity index (χ0) is 12.4. The number of aliphatic carboxylic acids is 1. The molecule has 2 heterocycles. The summed E-state index contributed by atoms with van der Waals surface area (Å²) in [6.07, 6.45) is 3.62. The summed E-state index contributed by atoms with van der Waals surface area (Å²) in [6.45, 7) is 4.35. The molecule has 1 atom stereocenters. The summed E-state index contributed by atoms with van der Waals surface area (Å²) in [4.78, 5) is 26.5. The summed E-state index contributed by atoms with van der Waals surface area (Å²) in [6, 6.07) is -0.0128. The van der Waals surface area contributed by atoms with Crippen molar-refractivity contribution in [2.45, 2.75) is 19.8 Å². The predicted octanol–water partition coefficient (Wildman–Crippen LogP) is 1.16. The molecule has 0 spiro atoms. The van der Waals surface area contributed by atoms with Crippen molar-refractivity contribution < 1.29 is 14.7 Å². The second-order valence-electron chi connectivity index (χ2n) is 4.81. The molecule has 17 heavy (non-hydrogen) atoms. The molecule has 5 nitrogen and oxygen atoms in total. The molecule has 2 rings (SSSR count). The molecule has 0 radical (unpaired) electrons. The number of nitrogens with zero attached hydrogens (tertiary/aromatic N) is 2. The number of hydrogen-bond acceptors (Lipinski definition) is 2. The Morgan fingerprint density at radius 3 is 2.71 bits per heavy atom. The van der Waals surface area contributed by atoms with Crippen molar-refractivity contribution in [1.82, 2.24) is 9.80 Å². The highest BCUT2D eigenvalue weighted by Crippen LogP contribution is 2.19. The van der Waals surface area contributed by atoms with Gasteiger partial charge < -0.3 is 14.9 Å². The van der Waals surface area contributed by atoms with Gasteiger partial charge in [0.25, 0.3) is 0 Å². The third-order valence-electron chi connectivity index (χ3n) is 3.41. The molecule has 0 saturated carbocycles. The fraction of sp³-hybridized carbons (Fsp3) is 0.667. The standard InChI is InChI=1S/C12H18N2O3/c1-9-3-2-5-13(7-9)12(17)14-6-4-10(8-14)11(15)16/h3,10H,2,4-8H2,1H3,(H,15,16). The second kappa shape index (κ2) is 4.77. The molecule has 1 N–H and O–H groups in total. The van der Waals surface area contributed by atoms with E-state index >= 15 is 0 Å². The Labute approximate surface area is 101 Å². The highest BCUT2D eigenvalue weighted by molar-refractivity contribution is 5.77. The molecule has 2 amide bonds. The van der Waals surface area contributed by atoms with E-state index < -0.39 is 5.97 Å². The first-order valence-corrected chi connectivity index (χ1v) is 6.00. The highest BCUT2D eigenvalue weighted by atomic mass is 16.4. The Bertz CT molecular complexity index is 365. The Morgan fingerprint density at radius 1 is 1.35 bits per heavy atom. The summed E-state index contributed by atoms with van der Waals surface area (Å²) < 4.78 is 0. The normalized spacial score (nSPS) is 24.8. The number of carbonyl (C=O) groups excluding carboxylic acids is 1. The molecule has 5 heteroatoms. The molecule has 1 unspecified atom stereocenters. The SMILES string of the molecule is CC1=CCCN(C(=O)N2CCC(C(=O)O)C2)C1. The summed E-state index contributed by atoms with van der Waals surface area (Å²) in [5, 5.41) is 8.90. The van der Waals surface area contributed by atoms with E-state index in [4.69, 9.17) is 5.11 Å². The van der Waals surface area contributed by atoms with Gasteiger partial charge in [0.05, 0.1) is 5.92 Å². The number of carbonyl (C=O) groups is 2. The van der Waals surface area contributed by atoms with Gasteiger partial charge in [-0.3, -0.25) is 4.79 Å². The zero-order valence-electron chi connectivity index (χ0n) is 10.1. The van der Waals surface area contributed by atoms with Crippen LogP contribution >= 0.6 is 0 Å². The molecule has 0 aromatic rings. The smallest absolute Gasteiger partial charge is 0.320 e. The molecule has 94 valence electrons. The van der Waals surface area contributed by atoms with E-state index in [1.54, 1.807) is 9.80 Å². The minimum Gasteiger partial charge on any atom is -0.481 e. The summed E-state index contributed by atoms with van der Waals surface area (Å²) in [7, 11) is 0. The van der Waals surface area contributed by atoms with E-state index in [-0.39, 0.29) is 11.9 Å². The lowest BCUT2D eigenvalue weighted by molar-refractivity contribution is -0.141. The van der Waals surface area contributed by atoms with Gasteiger partial charge in [-0.25, -0.2) is 4.79 Å². The van der Waals surface area contributed by atoms with E-state index in [0.717, 1.165) is 13.0 Å². The van der Waals surface area contributed by atoms with Crippen molar-refractivity contribution in [2.24, 2.45) is 5.92 Å². The molecule has 0 bridgehead atoms. The van der Waals surface area contributed by atoms with Gasteiger partial charge in [0.15, 0.2) is 0 Å². The number of amides is 2. The van der Waals surface area contributed by atoms with Crippen molar-refractivity contribution >= 4 is 12.0 Å². The predicted molar refractivity (Wildman–Crippen MR) is 62.7 cm³/mol. The number of carboxylic acid groups (broad SMARTS) is 1. The third-order valence-corrected chi connectivity index (χ3v) is 3.41.